The molecule has 4 aliphatic rings. The van der Waals surface area contributed by atoms with Crippen molar-refractivity contribution < 1.29 is 14.2 Å². The van der Waals surface area contributed by atoms with Crippen LogP contribution in [0.25, 0.3) is 9.69 Å². The van der Waals surface area contributed by atoms with E-state index in [1.54, 1.807) is 0 Å². The molecule has 0 bridgehead atoms. The van der Waals surface area contributed by atoms with E-state index in [2.05, 4.69) is 63.7 Å². The summed E-state index contributed by atoms with van der Waals surface area (Å²) in [5.74, 6) is 3.21. The number of fused-ring (bicyclic) bond motifs is 5. The molecule has 0 radical (unpaired) electrons. The van der Waals surface area contributed by atoms with Crippen molar-refractivity contribution in [2.45, 2.75) is 103 Å². The lowest BCUT2D eigenvalue weighted by molar-refractivity contribution is -0.226. The molecule has 0 aliphatic heterocycles. The molecule has 4 saturated carbocycles. The van der Waals surface area contributed by atoms with Crippen LogP contribution in [0.4, 0.5) is 0 Å². The average Bonchev–Trinajstić information content (AvgIpc) is 3.32. The normalized spacial score (nSPS) is 39.8. The molecule has 0 saturated heterocycles. The molecule has 0 unspecified atom stereocenters. The van der Waals surface area contributed by atoms with Gasteiger partial charge >= 0.3 is 0 Å². The number of hydrogen-bond donors (Lipinski definition) is 0. The van der Waals surface area contributed by atoms with Gasteiger partial charge < -0.3 is 23.9 Å². The summed E-state index contributed by atoms with van der Waals surface area (Å²) in [5, 5.41) is 9.31. The van der Waals surface area contributed by atoms with E-state index in [0.717, 1.165) is 38.6 Å². The highest BCUT2D eigenvalue weighted by Gasteiger charge is 2.66. The SMILES string of the molecule is [C-]#[N+]CCO[C@@H]1CC[C@@]2(C)[C@@H](C1)C[C@@H](OCCC#N)[C@@H]1[C@@H]2C[C@H](OCC[N+]#[C-])[C@]2(C)[C@@H]([C@H](C)CCCN(C)Br)CC[C@@H]12. The van der Waals surface area contributed by atoms with Gasteiger partial charge in [0.05, 0.1) is 37.4 Å². The summed E-state index contributed by atoms with van der Waals surface area (Å²) in [4.78, 5) is 7.11. The van der Waals surface area contributed by atoms with Crippen molar-refractivity contribution in [1.82, 2.24) is 3.93 Å². The van der Waals surface area contributed by atoms with Crippen molar-refractivity contribution in [2.24, 2.45) is 46.3 Å². The first kappa shape index (κ1) is 33.7. The van der Waals surface area contributed by atoms with Crippen LogP contribution in [-0.2, 0) is 14.2 Å². The lowest BCUT2D eigenvalue weighted by Crippen LogP contribution is -2.63. The van der Waals surface area contributed by atoms with Crippen molar-refractivity contribution >= 4 is 16.1 Å². The molecule has 0 aromatic carbocycles. The highest BCUT2D eigenvalue weighted by Crippen LogP contribution is 2.69. The van der Waals surface area contributed by atoms with E-state index in [1.165, 1.54) is 25.7 Å². The third-order valence-electron chi connectivity index (χ3n) is 12.2. The predicted octanol–water partition coefficient (Wildman–Crippen LogP) is 7.43. The van der Waals surface area contributed by atoms with Crippen LogP contribution >= 0.6 is 16.1 Å². The first-order valence-electron chi connectivity index (χ1n) is 16.5. The van der Waals surface area contributed by atoms with Gasteiger partial charge in [0.15, 0.2) is 0 Å². The zero-order valence-electron chi connectivity index (χ0n) is 26.4. The van der Waals surface area contributed by atoms with E-state index in [4.69, 9.17) is 27.4 Å². The molecule has 0 aromatic rings. The molecule has 0 amide bonds. The van der Waals surface area contributed by atoms with Crippen molar-refractivity contribution in [3.63, 3.8) is 0 Å². The molecule has 8 heteroatoms. The van der Waals surface area contributed by atoms with E-state index >= 15 is 0 Å². The van der Waals surface area contributed by atoms with Gasteiger partial charge in [0.25, 0.3) is 0 Å². The quantitative estimate of drug-likeness (QED) is 0.112. The molecule has 0 aromatic heterocycles. The maximum absolute atomic E-state index is 9.31. The van der Waals surface area contributed by atoms with E-state index in [1.807, 2.05) is 0 Å². The van der Waals surface area contributed by atoms with Crippen LogP contribution in [0, 0.1) is 70.8 Å². The fourth-order valence-corrected chi connectivity index (χ4v) is 10.5. The topological polar surface area (TPSA) is 63.4 Å². The summed E-state index contributed by atoms with van der Waals surface area (Å²) in [6, 6.07) is 2.30. The van der Waals surface area contributed by atoms with E-state index in [9.17, 15) is 5.26 Å². The van der Waals surface area contributed by atoms with Gasteiger partial charge in [0.1, 0.15) is 13.2 Å². The van der Waals surface area contributed by atoms with Crippen LogP contribution in [0.15, 0.2) is 0 Å². The van der Waals surface area contributed by atoms with E-state index in [0.29, 0.717) is 74.8 Å². The van der Waals surface area contributed by atoms with Crippen molar-refractivity contribution in [3.05, 3.63) is 22.8 Å². The Hall–Kier alpha value is -1.21. The van der Waals surface area contributed by atoms with Crippen LogP contribution in [0.2, 0.25) is 0 Å². The lowest BCUT2D eigenvalue weighted by atomic mass is 9.43. The Morgan fingerprint density at radius 1 is 1.00 bits per heavy atom. The van der Waals surface area contributed by atoms with Gasteiger partial charge in [-0.2, -0.15) is 5.26 Å². The number of hydrogen-bond acceptors (Lipinski definition) is 5. The first-order chi connectivity index (χ1) is 20.2. The van der Waals surface area contributed by atoms with Gasteiger partial charge in [-0.15, -0.1) is 0 Å². The summed E-state index contributed by atoms with van der Waals surface area (Å²) < 4.78 is 21.8. The molecule has 4 fully saturated rings. The van der Waals surface area contributed by atoms with Gasteiger partial charge in [-0.05, 0) is 106 Å². The lowest BCUT2D eigenvalue weighted by Gasteiger charge is -2.64. The average molecular weight is 646 g/mol. The number of nitriles is 1. The monoisotopic (exact) mass is 644 g/mol. The van der Waals surface area contributed by atoms with Crippen molar-refractivity contribution in [1.29, 1.82) is 5.26 Å². The maximum Gasteiger partial charge on any atom is 0.237 e. The highest BCUT2D eigenvalue weighted by atomic mass is 79.9. The minimum Gasteiger partial charge on any atom is -0.377 e. The third kappa shape index (κ3) is 7.03. The Morgan fingerprint density at radius 3 is 2.43 bits per heavy atom. The van der Waals surface area contributed by atoms with E-state index < -0.39 is 0 Å². The summed E-state index contributed by atoms with van der Waals surface area (Å²) in [6.07, 6.45) is 11.1. The maximum atomic E-state index is 9.31. The zero-order valence-corrected chi connectivity index (χ0v) is 28.0. The van der Waals surface area contributed by atoms with Gasteiger partial charge in [0, 0.05) is 28.1 Å². The second-order valence-electron chi connectivity index (χ2n) is 14.2. The number of nitrogens with zero attached hydrogens (tertiary/aromatic N) is 4. The van der Waals surface area contributed by atoms with Gasteiger partial charge in [-0.3, -0.25) is 0 Å². The van der Waals surface area contributed by atoms with Gasteiger partial charge in [-0.1, -0.05) is 20.8 Å². The number of rotatable bonds is 14. The Balaban J connectivity index is 1.63. The molecular weight excluding hydrogens is 592 g/mol. The Morgan fingerprint density at radius 2 is 1.74 bits per heavy atom. The Bertz CT molecular complexity index is 1010. The summed E-state index contributed by atoms with van der Waals surface area (Å²) >= 11 is 3.58. The standard InChI is InChI=1S/C34H53BrN4O3/c1-24(9-7-17-39(6)35)27-10-11-28-32-29(23-31(34(27,28)3)42-20-16-38-5)33(2)13-12-26(40-19-15-37-4)21-25(33)22-30(32)41-18-8-14-36/h24-32H,7-13,15-23H2,1-3,6H3/t24-,25+,26-,27-,28+,29+,30-,31+,32+,33+,34-/m1/s1. The fourth-order valence-electron chi connectivity index (χ4n) is 10.2. The number of halogens is 1. The van der Waals surface area contributed by atoms with Crippen LogP contribution in [0.5, 0.6) is 0 Å². The van der Waals surface area contributed by atoms with E-state index in [-0.39, 0.29) is 29.1 Å². The summed E-state index contributed by atoms with van der Waals surface area (Å²) in [6.45, 7) is 25.5. The van der Waals surface area contributed by atoms with Crippen molar-refractivity contribution in [2.75, 3.05) is 46.5 Å². The molecule has 11 atom stereocenters. The number of ether oxygens (including phenoxy) is 3. The molecule has 42 heavy (non-hydrogen) atoms. The zero-order chi connectivity index (χ0) is 30.3. The van der Waals surface area contributed by atoms with Crippen LogP contribution < -0.4 is 0 Å². The summed E-state index contributed by atoms with van der Waals surface area (Å²) in [7, 11) is 2.08. The molecule has 7 nitrogen and oxygen atoms in total. The molecular formula is C34H53BrN4O3. The minimum absolute atomic E-state index is 0.0586. The molecule has 0 heterocycles. The smallest absolute Gasteiger partial charge is 0.237 e. The first-order valence-corrected chi connectivity index (χ1v) is 17.2. The third-order valence-corrected chi connectivity index (χ3v) is 12.5. The molecule has 0 spiro atoms. The van der Waals surface area contributed by atoms with Crippen molar-refractivity contribution in [3.8, 4) is 6.07 Å². The molecule has 4 aliphatic carbocycles. The van der Waals surface area contributed by atoms with Gasteiger partial charge in [-0.25, -0.2) is 17.1 Å². The van der Waals surface area contributed by atoms with Crippen LogP contribution in [-0.4, -0.2) is 68.7 Å². The highest BCUT2D eigenvalue weighted by molar-refractivity contribution is 9.07. The Kier molecular flexibility index (Phi) is 12.2. The molecule has 0 N–H and O–H groups in total. The Labute approximate surface area is 264 Å². The second-order valence-corrected chi connectivity index (χ2v) is 15.4. The minimum atomic E-state index is 0.0586. The van der Waals surface area contributed by atoms with Crippen LogP contribution in [0.3, 0.4) is 0 Å². The fraction of sp³-hybridized carbons (Fsp3) is 0.912. The molecule has 234 valence electrons. The van der Waals surface area contributed by atoms with Gasteiger partial charge in [0.2, 0.25) is 13.1 Å². The summed E-state index contributed by atoms with van der Waals surface area (Å²) in [5.41, 5.74) is 0.259. The van der Waals surface area contributed by atoms with Crippen LogP contribution in [0.1, 0.15) is 85.0 Å². The largest absolute Gasteiger partial charge is 0.377 e. The second kappa shape index (κ2) is 15.2. The predicted molar refractivity (Wildman–Crippen MR) is 168 cm³/mol. The molecule has 4 rings (SSSR count).